The smallest absolute Gasteiger partial charge is 0.333 e. The fraction of sp³-hybridized carbons (Fsp3) is 0.610. The van der Waals surface area contributed by atoms with Gasteiger partial charge in [-0.2, -0.15) is 0 Å². The summed E-state index contributed by atoms with van der Waals surface area (Å²) in [6.45, 7) is 19.7. The van der Waals surface area contributed by atoms with Gasteiger partial charge >= 0.3 is 47.8 Å². The van der Waals surface area contributed by atoms with Crippen LogP contribution in [-0.2, 0) is 81.0 Å². The number of carbonyl (C=O) groups excluding carboxylic acids is 8. The van der Waals surface area contributed by atoms with Crippen molar-refractivity contribution in [3.05, 3.63) is 48.6 Å². The van der Waals surface area contributed by atoms with Gasteiger partial charge in [0, 0.05) is 48.0 Å². The third-order valence-corrected chi connectivity index (χ3v) is 7.88. The Morgan fingerprint density at radius 3 is 1.05 bits per heavy atom. The van der Waals surface area contributed by atoms with Crippen molar-refractivity contribution < 1.29 is 81.0 Å². The van der Waals surface area contributed by atoms with Crippen LogP contribution in [0.3, 0.4) is 0 Å². The summed E-state index contributed by atoms with van der Waals surface area (Å²) in [5, 5.41) is 0. The van der Waals surface area contributed by atoms with Gasteiger partial charge in [0.05, 0.1) is 33.0 Å². The van der Waals surface area contributed by atoms with E-state index >= 15 is 0 Å². The molecule has 0 aliphatic carbocycles. The SMILES string of the molecule is C=C(C)C(=O)OCCCCC(=O)OC1OC[C@@H](OC(=O)CCCCOC(=O)C(=C)C)[C@H](OC(=O)CCCCOC(=O)C(=C)C)[C@H]1OC(=O)CCCCOC(=O)C(=C)C. The first kappa shape index (κ1) is 50.7. The largest absolute Gasteiger partial charge is 0.462 e. The topological polar surface area (TPSA) is 220 Å². The Morgan fingerprint density at radius 2 is 0.724 bits per heavy atom. The second-order valence-electron chi connectivity index (χ2n) is 13.6. The maximum absolute atomic E-state index is 13.2. The number of carbonyl (C=O) groups is 8. The molecule has 0 amide bonds. The second kappa shape index (κ2) is 28.1. The van der Waals surface area contributed by atoms with E-state index in [4.69, 9.17) is 42.6 Å². The zero-order valence-electron chi connectivity index (χ0n) is 34.1. The maximum Gasteiger partial charge on any atom is 0.333 e. The summed E-state index contributed by atoms with van der Waals surface area (Å²) in [6.07, 6.45) is -4.41. The van der Waals surface area contributed by atoms with Crippen molar-refractivity contribution in [2.45, 2.75) is 129 Å². The zero-order chi connectivity index (χ0) is 43.6. The molecule has 1 aliphatic rings. The van der Waals surface area contributed by atoms with Crippen LogP contribution >= 0.6 is 0 Å². The van der Waals surface area contributed by atoms with Gasteiger partial charge in [-0.3, -0.25) is 19.2 Å². The average molecular weight is 823 g/mol. The molecule has 17 nitrogen and oxygen atoms in total. The van der Waals surface area contributed by atoms with E-state index in [9.17, 15) is 38.4 Å². The van der Waals surface area contributed by atoms with Crippen LogP contribution in [0.5, 0.6) is 0 Å². The quantitative estimate of drug-likeness (QED) is 0.0449. The molecule has 1 unspecified atom stereocenters. The molecule has 0 radical (unpaired) electrons. The van der Waals surface area contributed by atoms with Crippen LogP contribution < -0.4 is 0 Å². The Hall–Kier alpha value is -5.32. The lowest BCUT2D eigenvalue weighted by Gasteiger charge is -2.40. The molecule has 1 aliphatic heterocycles. The van der Waals surface area contributed by atoms with Crippen LogP contribution in [0, 0.1) is 0 Å². The maximum atomic E-state index is 13.2. The lowest BCUT2D eigenvalue weighted by atomic mass is 10.0. The summed E-state index contributed by atoms with van der Waals surface area (Å²) >= 11 is 0. The van der Waals surface area contributed by atoms with Crippen molar-refractivity contribution in [2.75, 3.05) is 33.0 Å². The standard InChI is InChI=1S/C41H58O17/c1-26(2)37(46)50-21-13-9-17-31(42)55-30-25-54-41(58-34(45)20-12-16-24-53-40(49)29(7)8)36(57-33(44)19-11-15-23-52-39(48)28(5)6)35(30)56-32(43)18-10-14-22-51-38(47)27(3)4/h30,35-36,41H,1,3,5,7,9-25H2,2,4,6,8H3/t30-,35+,36-,41?/m1/s1. The molecule has 4 atom stereocenters. The van der Waals surface area contributed by atoms with E-state index in [0.29, 0.717) is 25.7 Å². The molecule has 0 saturated carbocycles. The van der Waals surface area contributed by atoms with Crippen molar-refractivity contribution in [1.29, 1.82) is 0 Å². The van der Waals surface area contributed by atoms with Crippen molar-refractivity contribution in [3.63, 3.8) is 0 Å². The molecule has 0 bridgehead atoms. The summed E-state index contributed by atoms with van der Waals surface area (Å²) in [4.78, 5) is 98.9. The van der Waals surface area contributed by atoms with E-state index in [2.05, 4.69) is 26.3 Å². The minimum absolute atomic E-state index is 0.0130. The Labute approximate surface area is 339 Å². The van der Waals surface area contributed by atoms with Crippen LogP contribution in [0.2, 0.25) is 0 Å². The van der Waals surface area contributed by atoms with E-state index in [-0.39, 0.29) is 100 Å². The van der Waals surface area contributed by atoms with Gasteiger partial charge in [-0.15, -0.1) is 0 Å². The van der Waals surface area contributed by atoms with Gasteiger partial charge in [0.2, 0.25) is 12.4 Å². The summed E-state index contributed by atoms with van der Waals surface area (Å²) in [5.74, 6) is -5.38. The predicted molar refractivity (Wildman–Crippen MR) is 204 cm³/mol. The average Bonchev–Trinajstić information content (AvgIpc) is 3.15. The molecular formula is C41H58O17. The van der Waals surface area contributed by atoms with Crippen molar-refractivity contribution >= 4 is 47.8 Å². The molecule has 0 aromatic rings. The molecular weight excluding hydrogens is 764 g/mol. The van der Waals surface area contributed by atoms with Gasteiger partial charge in [-0.1, -0.05) is 26.3 Å². The Balaban J connectivity index is 3.15. The lowest BCUT2D eigenvalue weighted by Crippen LogP contribution is -2.58. The minimum atomic E-state index is -1.59. The second-order valence-corrected chi connectivity index (χ2v) is 13.6. The van der Waals surface area contributed by atoms with Crippen LogP contribution in [-0.4, -0.2) is 105 Å². The number of unbranched alkanes of at least 4 members (excludes halogenated alkanes) is 4. The lowest BCUT2D eigenvalue weighted by molar-refractivity contribution is -0.275. The van der Waals surface area contributed by atoms with Gasteiger partial charge in [0.15, 0.2) is 12.2 Å². The fourth-order valence-electron chi connectivity index (χ4n) is 4.69. The molecule has 1 heterocycles. The number of rotatable bonds is 28. The minimum Gasteiger partial charge on any atom is -0.462 e. The molecule has 1 saturated heterocycles. The van der Waals surface area contributed by atoms with Crippen LogP contribution in [0.1, 0.15) is 105 Å². The molecule has 324 valence electrons. The van der Waals surface area contributed by atoms with Gasteiger partial charge < -0.3 is 42.6 Å². The van der Waals surface area contributed by atoms with Crippen molar-refractivity contribution in [2.24, 2.45) is 0 Å². The molecule has 0 aromatic heterocycles. The number of hydrogen-bond acceptors (Lipinski definition) is 17. The third-order valence-electron chi connectivity index (χ3n) is 7.88. The summed E-state index contributed by atoms with van der Waals surface area (Å²) in [5.41, 5.74) is 0.894. The Morgan fingerprint density at radius 1 is 0.431 bits per heavy atom. The van der Waals surface area contributed by atoms with E-state index in [0.717, 1.165) is 0 Å². The molecule has 17 heteroatoms. The van der Waals surface area contributed by atoms with E-state index in [1.165, 1.54) is 27.7 Å². The van der Waals surface area contributed by atoms with E-state index < -0.39 is 79.0 Å². The highest BCUT2D eigenvalue weighted by molar-refractivity contribution is 5.88. The van der Waals surface area contributed by atoms with Gasteiger partial charge in [0.25, 0.3) is 0 Å². The molecule has 1 rings (SSSR count). The molecule has 1 fully saturated rings. The summed E-state index contributed by atoms with van der Waals surface area (Å²) < 4.78 is 48.6. The molecule has 0 aromatic carbocycles. The van der Waals surface area contributed by atoms with Crippen molar-refractivity contribution in [3.8, 4) is 0 Å². The van der Waals surface area contributed by atoms with Gasteiger partial charge in [-0.25, -0.2) is 19.2 Å². The molecule has 58 heavy (non-hydrogen) atoms. The number of esters is 8. The first-order chi connectivity index (χ1) is 27.4. The highest BCUT2D eigenvalue weighted by Gasteiger charge is 2.49. The number of ether oxygens (including phenoxy) is 9. The van der Waals surface area contributed by atoms with Gasteiger partial charge in [0.1, 0.15) is 0 Å². The van der Waals surface area contributed by atoms with Gasteiger partial charge in [-0.05, 0) is 79.1 Å². The summed E-state index contributed by atoms with van der Waals surface area (Å²) in [7, 11) is 0. The van der Waals surface area contributed by atoms with E-state index in [1.807, 2.05) is 0 Å². The Bertz CT molecular complexity index is 1380. The third kappa shape index (κ3) is 21.8. The van der Waals surface area contributed by atoms with Crippen LogP contribution in [0.15, 0.2) is 48.6 Å². The number of hydrogen-bond donors (Lipinski definition) is 0. The molecule has 0 N–H and O–H groups in total. The predicted octanol–water partition coefficient (Wildman–Crippen LogP) is 4.78. The monoisotopic (exact) mass is 822 g/mol. The first-order valence-corrected chi connectivity index (χ1v) is 19.1. The zero-order valence-corrected chi connectivity index (χ0v) is 34.1. The van der Waals surface area contributed by atoms with Crippen molar-refractivity contribution in [1.82, 2.24) is 0 Å². The van der Waals surface area contributed by atoms with E-state index in [1.54, 1.807) is 0 Å². The highest BCUT2D eigenvalue weighted by Crippen LogP contribution is 2.27. The normalized spacial score (nSPS) is 17.0. The molecule has 0 spiro atoms. The Kier molecular flexibility index (Phi) is 24.6. The van der Waals surface area contributed by atoms with Crippen LogP contribution in [0.4, 0.5) is 0 Å². The highest BCUT2D eigenvalue weighted by atomic mass is 16.7. The first-order valence-electron chi connectivity index (χ1n) is 19.1. The van der Waals surface area contributed by atoms with Crippen LogP contribution in [0.25, 0.3) is 0 Å². The summed E-state index contributed by atoms with van der Waals surface area (Å²) in [6, 6.07) is 0. The fourth-order valence-corrected chi connectivity index (χ4v) is 4.69.